The summed E-state index contributed by atoms with van der Waals surface area (Å²) in [4.78, 5) is 15.6. The lowest BCUT2D eigenvalue weighted by atomic mass is 10.2. The summed E-state index contributed by atoms with van der Waals surface area (Å²) >= 11 is 0. The van der Waals surface area contributed by atoms with E-state index in [-0.39, 0.29) is 12.1 Å². The minimum absolute atomic E-state index is 0.0862. The molecule has 7 heteroatoms. The van der Waals surface area contributed by atoms with Crippen LogP contribution in [0.4, 0.5) is 4.79 Å². The Bertz CT molecular complexity index is 620. The van der Waals surface area contributed by atoms with Crippen molar-refractivity contribution in [2.45, 2.75) is 19.1 Å². The van der Waals surface area contributed by atoms with Crippen molar-refractivity contribution < 1.29 is 9.21 Å². The number of nitrogens with zero attached hydrogens (tertiary/aromatic N) is 4. The van der Waals surface area contributed by atoms with E-state index in [0.29, 0.717) is 6.54 Å². The Labute approximate surface area is 129 Å². The summed E-state index contributed by atoms with van der Waals surface area (Å²) in [6, 6.07) is 5.94. The minimum Gasteiger partial charge on any atom is -0.468 e. The van der Waals surface area contributed by atoms with Crippen LogP contribution in [0.2, 0.25) is 0 Å². The van der Waals surface area contributed by atoms with Crippen molar-refractivity contribution in [1.82, 2.24) is 24.9 Å². The van der Waals surface area contributed by atoms with Gasteiger partial charge in [-0.05, 0) is 18.2 Å². The van der Waals surface area contributed by atoms with Crippen LogP contribution >= 0.6 is 0 Å². The van der Waals surface area contributed by atoms with Crippen LogP contribution in [0.3, 0.4) is 0 Å². The van der Waals surface area contributed by atoms with Crippen LogP contribution < -0.4 is 5.32 Å². The monoisotopic (exact) mass is 303 g/mol. The van der Waals surface area contributed by atoms with E-state index >= 15 is 0 Å². The fourth-order valence-electron chi connectivity index (χ4n) is 2.72. The van der Waals surface area contributed by atoms with Gasteiger partial charge in [0.15, 0.2) is 0 Å². The zero-order chi connectivity index (χ0) is 15.5. The smallest absolute Gasteiger partial charge is 0.316 e. The number of carbonyl (C=O) groups is 1. The molecule has 0 saturated heterocycles. The van der Waals surface area contributed by atoms with E-state index in [1.807, 2.05) is 29.1 Å². The van der Waals surface area contributed by atoms with Crippen molar-refractivity contribution in [1.29, 1.82) is 0 Å². The van der Waals surface area contributed by atoms with E-state index in [9.17, 15) is 4.79 Å². The fraction of sp³-hybridized carbons (Fsp3) is 0.467. The Balaban J connectivity index is 1.68. The van der Waals surface area contributed by atoms with Gasteiger partial charge < -0.3 is 14.6 Å². The molecule has 0 unspecified atom stereocenters. The Morgan fingerprint density at radius 1 is 1.50 bits per heavy atom. The van der Waals surface area contributed by atoms with Crippen molar-refractivity contribution in [2.24, 2.45) is 0 Å². The highest BCUT2D eigenvalue weighted by atomic mass is 16.3. The van der Waals surface area contributed by atoms with Gasteiger partial charge in [0.2, 0.25) is 0 Å². The summed E-state index contributed by atoms with van der Waals surface area (Å²) in [5, 5.41) is 7.33. The van der Waals surface area contributed by atoms with Gasteiger partial charge in [-0.2, -0.15) is 5.10 Å². The molecule has 2 aromatic heterocycles. The van der Waals surface area contributed by atoms with Gasteiger partial charge in [0.05, 0.1) is 24.5 Å². The van der Waals surface area contributed by atoms with Gasteiger partial charge in [0.25, 0.3) is 0 Å². The number of amides is 2. The SMILES string of the molecule is CN(C)C(=O)NC[C@@H]1CN(Cc2ccco2)Cc2ccnn21. The van der Waals surface area contributed by atoms with Gasteiger partial charge in [-0.25, -0.2) is 4.79 Å². The van der Waals surface area contributed by atoms with E-state index in [0.717, 1.165) is 31.1 Å². The van der Waals surface area contributed by atoms with E-state index in [4.69, 9.17) is 4.42 Å². The van der Waals surface area contributed by atoms with Gasteiger partial charge in [-0.15, -0.1) is 0 Å². The van der Waals surface area contributed by atoms with Gasteiger partial charge in [0, 0.05) is 39.9 Å². The first-order chi connectivity index (χ1) is 10.6. The van der Waals surface area contributed by atoms with Crippen molar-refractivity contribution in [3.8, 4) is 0 Å². The van der Waals surface area contributed by atoms with Crippen LogP contribution in [-0.4, -0.2) is 52.8 Å². The molecule has 22 heavy (non-hydrogen) atoms. The second-order valence-electron chi connectivity index (χ2n) is 5.75. The molecule has 3 rings (SSSR count). The molecule has 0 spiro atoms. The van der Waals surface area contributed by atoms with Crippen molar-refractivity contribution >= 4 is 6.03 Å². The van der Waals surface area contributed by atoms with Crippen molar-refractivity contribution in [3.05, 3.63) is 42.1 Å². The molecule has 1 aliphatic heterocycles. The predicted octanol–water partition coefficient (Wildman–Crippen LogP) is 1.30. The number of furan rings is 1. The molecule has 1 atom stereocenters. The number of nitrogens with one attached hydrogen (secondary N) is 1. The first kappa shape index (κ1) is 14.6. The summed E-state index contributed by atoms with van der Waals surface area (Å²) in [7, 11) is 3.47. The highest BCUT2D eigenvalue weighted by Crippen LogP contribution is 2.21. The predicted molar refractivity (Wildman–Crippen MR) is 81.2 cm³/mol. The lowest BCUT2D eigenvalue weighted by Gasteiger charge is -2.33. The Morgan fingerprint density at radius 3 is 3.09 bits per heavy atom. The summed E-state index contributed by atoms with van der Waals surface area (Å²) in [5.74, 6) is 0.948. The highest BCUT2D eigenvalue weighted by molar-refractivity contribution is 5.73. The molecule has 1 N–H and O–H groups in total. The van der Waals surface area contributed by atoms with E-state index in [1.54, 1.807) is 20.4 Å². The summed E-state index contributed by atoms with van der Waals surface area (Å²) in [6.45, 7) is 2.97. The molecular formula is C15H21N5O2. The van der Waals surface area contributed by atoms with Gasteiger partial charge in [-0.3, -0.25) is 9.58 Å². The maximum atomic E-state index is 11.7. The second-order valence-corrected chi connectivity index (χ2v) is 5.75. The summed E-state index contributed by atoms with van der Waals surface area (Å²) in [5.41, 5.74) is 1.15. The Morgan fingerprint density at radius 2 is 2.36 bits per heavy atom. The summed E-state index contributed by atoms with van der Waals surface area (Å²) < 4.78 is 7.44. The van der Waals surface area contributed by atoms with Gasteiger partial charge >= 0.3 is 6.03 Å². The Kier molecular flexibility index (Phi) is 4.15. The van der Waals surface area contributed by atoms with E-state index in [1.165, 1.54) is 4.90 Å². The average molecular weight is 303 g/mol. The molecule has 0 radical (unpaired) electrons. The number of carbonyl (C=O) groups excluding carboxylic acids is 1. The third-order valence-corrected chi connectivity index (χ3v) is 3.81. The molecule has 3 heterocycles. The third-order valence-electron chi connectivity index (χ3n) is 3.81. The van der Waals surface area contributed by atoms with Crippen molar-refractivity contribution in [3.63, 3.8) is 0 Å². The van der Waals surface area contributed by atoms with Crippen LogP contribution in [0.25, 0.3) is 0 Å². The molecule has 118 valence electrons. The molecular weight excluding hydrogens is 282 g/mol. The zero-order valence-electron chi connectivity index (χ0n) is 12.9. The third kappa shape index (κ3) is 3.14. The van der Waals surface area contributed by atoms with Crippen LogP contribution in [0.5, 0.6) is 0 Å². The largest absolute Gasteiger partial charge is 0.468 e. The number of fused-ring (bicyclic) bond motifs is 1. The van der Waals surface area contributed by atoms with Crippen LogP contribution in [0.15, 0.2) is 35.1 Å². The van der Waals surface area contributed by atoms with E-state index in [2.05, 4.69) is 15.3 Å². The normalized spacial score (nSPS) is 18.0. The first-order valence-electron chi connectivity index (χ1n) is 7.36. The molecule has 1 aliphatic rings. The fourth-order valence-corrected chi connectivity index (χ4v) is 2.72. The molecule has 7 nitrogen and oxygen atoms in total. The molecule has 0 saturated carbocycles. The standard InChI is InChI=1S/C15H21N5O2/c1-18(2)15(21)16-8-13-10-19(11-14-4-3-7-22-14)9-12-5-6-17-20(12)13/h3-7,13H,8-11H2,1-2H3,(H,16,21)/t13-/m1/s1. The molecule has 2 aromatic rings. The Hall–Kier alpha value is -2.28. The highest BCUT2D eigenvalue weighted by Gasteiger charge is 2.26. The first-order valence-corrected chi connectivity index (χ1v) is 7.36. The number of aromatic nitrogens is 2. The maximum Gasteiger partial charge on any atom is 0.316 e. The average Bonchev–Trinajstić information content (AvgIpc) is 3.15. The van der Waals surface area contributed by atoms with Crippen LogP contribution in [0.1, 0.15) is 17.5 Å². The second kappa shape index (κ2) is 6.23. The van der Waals surface area contributed by atoms with Crippen LogP contribution in [-0.2, 0) is 13.1 Å². The van der Waals surface area contributed by atoms with Crippen LogP contribution in [0, 0.1) is 0 Å². The quantitative estimate of drug-likeness (QED) is 0.924. The number of hydrogen-bond donors (Lipinski definition) is 1. The molecule has 0 fully saturated rings. The zero-order valence-corrected chi connectivity index (χ0v) is 12.9. The topological polar surface area (TPSA) is 66.5 Å². The summed E-state index contributed by atoms with van der Waals surface area (Å²) in [6.07, 6.45) is 3.50. The molecule has 2 amide bonds. The van der Waals surface area contributed by atoms with Crippen molar-refractivity contribution in [2.75, 3.05) is 27.2 Å². The molecule has 0 aromatic carbocycles. The number of rotatable bonds is 4. The number of hydrogen-bond acceptors (Lipinski definition) is 4. The van der Waals surface area contributed by atoms with E-state index < -0.39 is 0 Å². The lowest BCUT2D eigenvalue weighted by molar-refractivity contribution is 0.153. The minimum atomic E-state index is -0.0862. The molecule has 0 aliphatic carbocycles. The number of urea groups is 1. The van der Waals surface area contributed by atoms with Gasteiger partial charge in [-0.1, -0.05) is 0 Å². The van der Waals surface area contributed by atoms with Gasteiger partial charge in [0.1, 0.15) is 5.76 Å². The molecule has 0 bridgehead atoms. The lowest BCUT2D eigenvalue weighted by Crippen LogP contribution is -2.44. The maximum absolute atomic E-state index is 11.7.